The van der Waals surface area contributed by atoms with Gasteiger partial charge in [0.1, 0.15) is 17.1 Å². The van der Waals surface area contributed by atoms with E-state index < -0.39 is 5.54 Å². The van der Waals surface area contributed by atoms with Crippen LogP contribution in [0.1, 0.15) is 36.8 Å². The molecule has 1 aromatic heterocycles. The van der Waals surface area contributed by atoms with Crippen LogP contribution in [-0.2, 0) is 16.8 Å². The van der Waals surface area contributed by atoms with E-state index in [-0.39, 0.29) is 18.1 Å². The van der Waals surface area contributed by atoms with Crippen LogP contribution < -0.4 is 10.1 Å². The Kier molecular flexibility index (Phi) is 4.60. The van der Waals surface area contributed by atoms with E-state index in [4.69, 9.17) is 9.15 Å². The van der Waals surface area contributed by atoms with Crippen molar-refractivity contribution in [2.75, 3.05) is 7.11 Å². The van der Waals surface area contributed by atoms with Crippen molar-refractivity contribution >= 4 is 16.9 Å². The largest absolute Gasteiger partial charge is 0.497 e. The summed E-state index contributed by atoms with van der Waals surface area (Å²) in [6.07, 6.45) is 5.70. The minimum Gasteiger partial charge on any atom is -0.497 e. The second-order valence-electron chi connectivity index (χ2n) is 7.14. The SMILES string of the molecule is COc1ccc2c(CC(=O)NC3(c4ccc(F)cc4)CCCC3)coc2c1. The first-order valence-electron chi connectivity index (χ1n) is 9.21. The summed E-state index contributed by atoms with van der Waals surface area (Å²) in [7, 11) is 1.61. The van der Waals surface area contributed by atoms with Crippen LogP contribution in [0.3, 0.4) is 0 Å². The minimum atomic E-state index is -0.409. The van der Waals surface area contributed by atoms with Gasteiger partial charge in [-0.15, -0.1) is 0 Å². The van der Waals surface area contributed by atoms with E-state index in [0.29, 0.717) is 11.3 Å². The van der Waals surface area contributed by atoms with Crippen LogP contribution in [0.2, 0.25) is 0 Å². The Balaban J connectivity index is 1.55. The molecule has 27 heavy (non-hydrogen) atoms. The lowest BCUT2D eigenvalue weighted by Gasteiger charge is -2.31. The van der Waals surface area contributed by atoms with Gasteiger partial charge in [0.15, 0.2) is 0 Å². The molecule has 2 aromatic carbocycles. The first-order valence-corrected chi connectivity index (χ1v) is 9.21. The standard InChI is InChI=1S/C22H22FNO3/c1-26-18-8-9-19-15(14-27-20(19)13-18)12-21(25)24-22(10-2-3-11-22)16-4-6-17(23)7-5-16/h4-9,13-14H,2-3,10-12H2,1H3,(H,24,25). The average Bonchev–Trinajstić information content (AvgIpc) is 3.30. The van der Waals surface area contributed by atoms with Gasteiger partial charge >= 0.3 is 0 Å². The maximum atomic E-state index is 13.3. The van der Waals surface area contributed by atoms with Crippen LogP contribution in [0.4, 0.5) is 4.39 Å². The Morgan fingerprint density at radius 1 is 1.19 bits per heavy atom. The van der Waals surface area contributed by atoms with E-state index in [9.17, 15) is 9.18 Å². The summed E-state index contributed by atoms with van der Waals surface area (Å²) in [5, 5.41) is 4.14. The molecule has 0 unspecified atom stereocenters. The number of methoxy groups -OCH3 is 1. The minimum absolute atomic E-state index is 0.0558. The Bertz CT molecular complexity index is 955. The number of nitrogens with one attached hydrogen (secondary N) is 1. The van der Waals surface area contributed by atoms with Gasteiger partial charge in [-0.05, 0) is 42.7 Å². The van der Waals surface area contributed by atoms with Crippen molar-refractivity contribution in [2.24, 2.45) is 0 Å². The first-order chi connectivity index (χ1) is 13.1. The molecule has 0 saturated heterocycles. The zero-order valence-electron chi connectivity index (χ0n) is 15.3. The Labute approximate surface area is 157 Å². The summed E-state index contributed by atoms with van der Waals surface area (Å²) >= 11 is 0. The van der Waals surface area contributed by atoms with Crippen LogP contribution in [0.15, 0.2) is 53.1 Å². The number of halogens is 1. The molecule has 1 amide bonds. The lowest BCUT2D eigenvalue weighted by atomic mass is 9.87. The van der Waals surface area contributed by atoms with Gasteiger partial charge in [-0.25, -0.2) is 4.39 Å². The van der Waals surface area contributed by atoms with Crippen LogP contribution in [0.25, 0.3) is 11.0 Å². The Hall–Kier alpha value is -2.82. The van der Waals surface area contributed by atoms with Gasteiger partial charge < -0.3 is 14.5 Å². The van der Waals surface area contributed by atoms with Gasteiger partial charge in [0.25, 0.3) is 0 Å². The molecule has 1 heterocycles. The maximum absolute atomic E-state index is 13.3. The maximum Gasteiger partial charge on any atom is 0.225 e. The molecule has 4 rings (SSSR count). The smallest absolute Gasteiger partial charge is 0.225 e. The molecule has 1 aliphatic rings. The first kappa shape index (κ1) is 17.6. The number of amides is 1. The zero-order chi connectivity index (χ0) is 18.9. The number of hydrogen-bond acceptors (Lipinski definition) is 3. The van der Waals surface area contributed by atoms with Crippen molar-refractivity contribution in [3.8, 4) is 5.75 Å². The summed E-state index contributed by atoms with van der Waals surface area (Å²) < 4.78 is 24.1. The highest BCUT2D eigenvalue weighted by Crippen LogP contribution is 2.39. The number of fused-ring (bicyclic) bond motifs is 1. The van der Waals surface area contributed by atoms with Crippen LogP contribution in [0, 0.1) is 5.82 Å². The highest BCUT2D eigenvalue weighted by molar-refractivity contribution is 5.88. The predicted molar refractivity (Wildman–Crippen MR) is 101 cm³/mol. The molecule has 1 N–H and O–H groups in total. The fourth-order valence-electron chi connectivity index (χ4n) is 4.04. The highest BCUT2D eigenvalue weighted by Gasteiger charge is 2.37. The van der Waals surface area contributed by atoms with Crippen molar-refractivity contribution in [1.82, 2.24) is 5.32 Å². The van der Waals surface area contributed by atoms with E-state index in [1.807, 2.05) is 18.2 Å². The average molecular weight is 367 g/mol. The lowest BCUT2D eigenvalue weighted by Crippen LogP contribution is -2.44. The molecular weight excluding hydrogens is 345 g/mol. The van der Waals surface area contributed by atoms with Gasteiger partial charge in [0.05, 0.1) is 25.3 Å². The van der Waals surface area contributed by atoms with E-state index >= 15 is 0 Å². The van der Waals surface area contributed by atoms with E-state index in [0.717, 1.165) is 42.2 Å². The predicted octanol–water partition coefficient (Wildman–Crippen LogP) is 4.71. The Morgan fingerprint density at radius 2 is 1.93 bits per heavy atom. The fraction of sp³-hybridized carbons (Fsp3) is 0.318. The van der Waals surface area contributed by atoms with Crippen molar-refractivity contribution in [1.29, 1.82) is 0 Å². The molecule has 0 radical (unpaired) electrons. The van der Waals surface area contributed by atoms with Crippen LogP contribution in [0.5, 0.6) is 5.75 Å². The number of ether oxygens (including phenoxy) is 1. The zero-order valence-corrected chi connectivity index (χ0v) is 15.3. The summed E-state index contributed by atoms with van der Waals surface area (Å²) in [6.45, 7) is 0. The molecule has 0 spiro atoms. The number of carbonyl (C=O) groups excluding carboxylic acids is 1. The molecule has 140 valence electrons. The van der Waals surface area contributed by atoms with Crippen molar-refractivity contribution in [2.45, 2.75) is 37.6 Å². The third-order valence-corrected chi connectivity index (χ3v) is 5.45. The molecule has 4 nitrogen and oxygen atoms in total. The molecule has 1 saturated carbocycles. The normalized spacial score (nSPS) is 15.8. The number of rotatable bonds is 5. The molecule has 5 heteroatoms. The summed E-state index contributed by atoms with van der Waals surface area (Å²) in [4.78, 5) is 12.8. The fourth-order valence-corrected chi connectivity index (χ4v) is 4.04. The second-order valence-corrected chi connectivity index (χ2v) is 7.14. The molecular formula is C22H22FNO3. The van der Waals surface area contributed by atoms with Gasteiger partial charge in [-0.2, -0.15) is 0 Å². The van der Waals surface area contributed by atoms with Crippen molar-refractivity contribution in [3.05, 3.63) is 65.7 Å². The topological polar surface area (TPSA) is 51.5 Å². The van der Waals surface area contributed by atoms with Gasteiger partial charge in [-0.3, -0.25) is 4.79 Å². The highest BCUT2D eigenvalue weighted by atomic mass is 19.1. The number of benzene rings is 2. The van der Waals surface area contributed by atoms with Gasteiger partial charge in [0.2, 0.25) is 5.91 Å². The van der Waals surface area contributed by atoms with Crippen molar-refractivity contribution < 1.29 is 18.3 Å². The molecule has 0 atom stereocenters. The Morgan fingerprint density at radius 3 is 2.63 bits per heavy atom. The lowest BCUT2D eigenvalue weighted by molar-refractivity contribution is -0.122. The molecule has 1 aliphatic carbocycles. The summed E-state index contributed by atoms with van der Waals surface area (Å²) in [6, 6.07) is 12.0. The molecule has 0 aliphatic heterocycles. The third kappa shape index (κ3) is 3.42. The van der Waals surface area contributed by atoms with E-state index in [1.54, 1.807) is 25.5 Å². The van der Waals surface area contributed by atoms with Gasteiger partial charge in [0, 0.05) is 17.0 Å². The number of carbonyl (C=O) groups is 1. The second kappa shape index (κ2) is 7.06. The van der Waals surface area contributed by atoms with Crippen molar-refractivity contribution in [3.63, 3.8) is 0 Å². The third-order valence-electron chi connectivity index (χ3n) is 5.45. The number of hydrogen-bond donors (Lipinski definition) is 1. The van der Waals surface area contributed by atoms with Crippen LogP contribution in [-0.4, -0.2) is 13.0 Å². The molecule has 1 fully saturated rings. The molecule has 3 aromatic rings. The number of furan rings is 1. The quantitative estimate of drug-likeness (QED) is 0.711. The van der Waals surface area contributed by atoms with E-state index in [2.05, 4.69) is 5.32 Å². The van der Waals surface area contributed by atoms with Gasteiger partial charge in [-0.1, -0.05) is 25.0 Å². The summed E-state index contributed by atoms with van der Waals surface area (Å²) in [5.74, 6) is 0.396. The van der Waals surface area contributed by atoms with E-state index in [1.165, 1.54) is 12.1 Å². The summed E-state index contributed by atoms with van der Waals surface area (Å²) in [5.41, 5.74) is 2.10. The van der Waals surface area contributed by atoms with Crippen LogP contribution >= 0.6 is 0 Å². The molecule has 0 bridgehead atoms. The monoisotopic (exact) mass is 367 g/mol.